The van der Waals surface area contributed by atoms with Crippen molar-refractivity contribution in [2.45, 2.75) is 31.7 Å². The lowest BCUT2D eigenvalue weighted by Gasteiger charge is -2.32. The smallest absolute Gasteiger partial charge is 0.253 e. The highest BCUT2D eigenvalue weighted by atomic mass is 35.5. The van der Waals surface area contributed by atoms with Crippen molar-refractivity contribution in [2.75, 3.05) is 27.3 Å². The molecule has 1 N–H and O–H groups in total. The molecule has 1 saturated heterocycles. The van der Waals surface area contributed by atoms with E-state index in [1.165, 1.54) is 0 Å². The van der Waals surface area contributed by atoms with E-state index < -0.39 is 0 Å². The lowest BCUT2D eigenvalue weighted by molar-refractivity contribution is -0.122. The maximum absolute atomic E-state index is 12.6. The minimum Gasteiger partial charge on any atom is -0.493 e. The molecule has 0 bridgehead atoms. The fraction of sp³-hybridized carbons (Fsp3) is 0.391. The zero-order valence-electron chi connectivity index (χ0n) is 17.3. The molecule has 0 radical (unpaired) electrons. The number of rotatable bonds is 7. The molecule has 1 aliphatic rings. The Morgan fingerprint density at radius 3 is 2.47 bits per heavy atom. The number of ether oxygens (including phenoxy) is 2. The van der Waals surface area contributed by atoms with Gasteiger partial charge in [0.15, 0.2) is 11.5 Å². The molecule has 2 aromatic carbocycles. The third-order valence-corrected chi connectivity index (χ3v) is 5.54. The van der Waals surface area contributed by atoms with Crippen LogP contribution >= 0.6 is 11.6 Å². The number of carbonyl (C=O) groups is 2. The van der Waals surface area contributed by atoms with Crippen LogP contribution in [0.3, 0.4) is 0 Å². The van der Waals surface area contributed by atoms with E-state index in [-0.39, 0.29) is 17.9 Å². The van der Waals surface area contributed by atoms with Gasteiger partial charge in [0.25, 0.3) is 5.91 Å². The highest BCUT2D eigenvalue weighted by Gasteiger charge is 2.24. The Morgan fingerprint density at radius 1 is 1.07 bits per heavy atom. The highest BCUT2D eigenvalue weighted by Crippen LogP contribution is 2.28. The van der Waals surface area contributed by atoms with E-state index in [2.05, 4.69) is 5.32 Å². The van der Waals surface area contributed by atoms with E-state index >= 15 is 0 Å². The molecule has 1 aliphatic heterocycles. The van der Waals surface area contributed by atoms with Crippen molar-refractivity contribution in [2.24, 2.45) is 0 Å². The van der Waals surface area contributed by atoms with Crippen LogP contribution in [0.5, 0.6) is 11.5 Å². The number of nitrogens with zero attached hydrogens (tertiary/aromatic N) is 1. The summed E-state index contributed by atoms with van der Waals surface area (Å²) in [7, 11) is 3.19. The SMILES string of the molecule is COc1ccc(CCC(=O)NC2CCN(C(=O)c3cccc(Cl)c3)CC2)cc1OC. The summed E-state index contributed by atoms with van der Waals surface area (Å²) in [6.07, 6.45) is 2.51. The van der Waals surface area contributed by atoms with Gasteiger partial charge in [-0.15, -0.1) is 0 Å². The standard InChI is InChI=1S/C23H27ClN2O4/c1-29-20-8-6-16(14-21(20)30-2)7-9-22(27)25-19-10-12-26(13-11-19)23(28)17-4-3-5-18(24)15-17/h3-6,8,14-15,19H,7,9-13H2,1-2H3,(H,25,27). The summed E-state index contributed by atoms with van der Waals surface area (Å²) in [5.74, 6) is 1.33. The highest BCUT2D eigenvalue weighted by molar-refractivity contribution is 6.30. The zero-order chi connectivity index (χ0) is 21.5. The molecule has 7 heteroatoms. The van der Waals surface area contributed by atoms with Crippen LogP contribution in [0.1, 0.15) is 35.2 Å². The van der Waals surface area contributed by atoms with Gasteiger partial charge in [-0.1, -0.05) is 23.7 Å². The Kier molecular flexibility index (Phi) is 7.57. The third kappa shape index (κ3) is 5.66. The second-order valence-electron chi connectivity index (χ2n) is 7.33. The Balaban J connectivity index is 1.44. The number of amides is 2. The van der Waals surface area contributed by atoms with Gasteiger partial charge in [-0.25, -0.2) is 0 Å². The molecule has 30 heavy (non-hydrogen) atoms. The van der Waals surface area contributed by atoms with Gasteiger partial charge in [-0.3, -0.25) is 9.59 Å². The number of likely N-dealkylation sites (tertiary alicyclic amines) is 1. The van der Waals surface area contributed by atoms with Gasteiger partial charge in [-0.2, -0.15) is 0 Å². The van der Waals surface area contributed by atoms with E-state index in [0.29, 0.717) is 48.0 Å². The lowest BCUT2D eigenvalue weighted by Crippen LogP contribution is -2.46. The van der Waals surface area contributed by atoms with E-state index in [1.54, 1.807) is 38.5 Å². The first kappa shape index (κ1) is 22.0. The molecule has 3 rings (SSSR count). The number of benzene rings is 2. The van der Waals surface area contributed by atoms with E-state index in [4.69, 9.17) is 21.1 Å². The number of aryl methyl sites for hydroxylation is 1. The Labute approximate surface area is 182 Å². The molecule has 0 aromatic heterocycles. The Hall–Kier alpha value is -2.73. The van der Waals surface area contributed by atoms with Crippen LogP contribution in [0.2, 0.25) is 5.02 Å². The van der Waals surface area contributed by atoms with Gasteiger partial charge < -0.3 is 19.7 Å². The molecule has 0 aliphatic carbocycles. The number of methoxy groups -OCH3 is 2. The van der Waals surface area contributed by atoms with Gasteiger partial charge in [-0.05, 0) is 55.2 Å². The van der Waals surface area contributed by atoms with Crippen LogP contribution in [0, 0.1) is 0 Å². The van der Waals surface area contributed by atoms with Crippen molar-refractivity contribution < 1.29 is 19.1 Å². The predicted molar refractivity (Wildman–Crippen MR) is 116 cm³/mol. The van der Waals surface area contributed by atoms with Crippen molar-refractivity contribution in [1.29, 1.82) is 0 Å². The van der Waals surface area contributed by atoms with Crippen molar-refractivity contribution in [3.63, 3.8) is 0 Å². The maximum atomic E-state index is 12.6. The fourth-order valence-electron chi connectivity index (χ4n) is 3.62. The lowest BCUT2D eigenvalue weighted by atomic mass is 10.0. The summed E-state index contributed by atoms with van der Waals surface area (Å²) in [5, 5.41) is 3.65. The number of nitrogens with one attached hydrogen (secondary N) is 1. The number of hydrogen-bond donors (Lipinski definition) is 1. The minimum absolute atomic E-state index is 0.0178. The van der Waals surface area contributed by atoms with Crippen LogP contribution in [0.4, 0.5) is 0 Å². The Morgan fingerprint density at radius 2 is 1.80 bits per heavy atom. The van der Waals surface area contributed by atoms with Crippen LogP contribution in [0.25, 0.3) is 0 Å². The first-order chi connectivity index (χ1) is 14.5. The molecule has 1 heterocycles. The van der Waals surface area contributed by atoms with Crippen molar-refractivity contribution in [3.8, 4) is 11.5 Å². The van der Waals surface area contributed by atoms with Gasteiger partial charge in [0.05, 0.1) is 14.2 Å². The van der Waals surface area contributed by atoms with Crippen LogP contribution in [-0.4, -0.2) is 50.1 Å². The molecule has 6 nitrogen and oxygen atoms in total. The van der Waals surface area contributed by atoms with E-state index in [1.807, 2.05) is 23.1 Å². The van der Waals surface area contributed by atoms with Crippen molar-refractivity contribution in [3.05, 3.63) is 58.6 Å². The van der Waals surface area contributed by atoms with Crippen LogP contribution in [0.15, 0.2) is 42.5 Å². The second kappa shape index (κ2) is 10.3. The molecular formula is C23H27ClN2O4. The Bertz CT molecular complexity index is 895. The van der Waals surface area contributed by atoms with Gasteiger partial charge in [0, 0.05) is 36.1 Å². The van der Waals surface area contributed by atoms with Crippen molar-refractivity contribution in [1.82, 2.24) is 10.2 Å². The summed E-state index contributed by atoms with van der Waals surface area (Å²) in [6, 6.07) is 12.8. The first-order valence-corrected chi connectivity index (χ1v) is 10.4. The molecule has 1 fully saturated rings. The quantitative estimate of drug-likeness (QED) is 0.727. The first-order valence-electron chi connectivity index (χ1n) is 10.0. The average molecular weight is 431 g/mol. The van der Waals surface area contributed by atoms with E-state index in [9.17, 15) is 9.59 Å². The van der Waals surface area contributed by atoms with E-state index in [0.717, 1.165) is 18.4 Å². The van der Waals surface area contributed by atoms with Crippen LogP contribution in [-0.2, 0) is 11.2 Å². The van der Waals surface area contributed by atoms with Crippen molar-refractivity contribution >= 4 is 23.4 Å². The summed E-state index contributed by atoms with van der Waals surface area (Å²) in [5.41, 5.74) is 1.62. The monoisotopic (exact) mass is 430 g/mol. The van der Waals surface area contributed by atoms with Crippen LogP contribution < -0.4 is 14.8 Å². The van der Waals surface area contributed by atoms with Gasteiger partial charge in [0.1, 0.15) is 0 Å². The molecule has 0 atom stereocenters. The summed E-state index contributed by atoms with van der Waals surface area (Å²) in [4.78, 5) is 26.8. The summed E-state index contributed by atoms with van der Waals surface area (Å²) >= 11 is 5.98. The second-order valence-corrected chi connectivity index (χ2v) is 7.77. The summed E-state index contributed by atoms with van der Waals surface area (Å²) < 4.78 is 10.5. The molecule has 2 aromatic rings. The molecule has 0 saturated carbocycles. The number of hydrogen-bond acceptors (Lipinski definition) is 4. The molecule has 0 spiro atoms. The topological polar surface area (TPSA) is 67.9 Å². The number of carbonyl (C=O) groups excluding carboxylic acids is 2. The molecule has 160 valence electrons. The van der Waals surface area contributed by atoms with Gasteiger partial charge in [0.2, 0.25) is 5.91 Å². The summed E-state index contributed by atoms with van der Waals surface area (Å²) in [6.45, 7) is 1.23. The minimum atomic E-state index is -0.0178. The maximum Gasteiger partial charge on any atom is 0.253 e. The predicted octanol–water partition coefficient (Wildman–Crippen LogP) is 3.71. The third-order valence-electron chi connectivity index (χ3n) is 5.31. The fourth-order valence-corrected chi connectivity index (χ4v) is 3.82. The van der Waals surface area contributed by atoms with Gasteiger partial charge >= 0.3 is 0 Å². The molecule has 2 amide bonds. The molecular weight excluding hydrogens is 404 g/mol. The zero-order valence-corrected chi connectivity index (χ0v) is 18.1. The normalized spacial score (nSPS) is 14.3. The molecule has 0 unspecified atom stereocenters. The number of halogens is 1. The largest absolute Gasteiger partial charge is 0.493 e. The average Bonchev–Trinajstić information content (AvgIpc) is 2.77. The number of piperidine rings is 1.